The molecule has 2 fully saturated rings. The van der Waals surface area contributed by atoms with E-state index in [2.05, 4.69) is 10.3 Å². The summed E-state index contributed by atoms with van der Waals surface area (Å²) in [5.41, 5.74) is 1.53. The van der Waals surface area contributed by atoms with E-state index in [1.54, 1.807) is 39.8 Å². The van der Waals surface area contributed by atoms with Gasteiger partial charge in [-0.1, -0.05) is 54.6 Å². The van der Waals surface area contributed by atoms with Gasteiger partial charge in [-0.05, 0) is 48.8 Å². The van der Waals surface area contributed by atoms with Crippen LogP contribution in [-0.4, -0.2) is 64.5 Å². The van der Waals surface area contributed by atoms with Gasteiger partial charge in [0.1, 0.15) is 0 Å². The van der Waals surface area contributed by atoms with E-state index in [9.17, 15) is 24.8 Å². The number of hydrogen-bond donors (Lipinski definition) is 1. The Morgan fingerprint density at radius 2 is 1.86 bits per heavy atom. The molecule has 1 unspecified atom stereocenters. The topological polar surface area (TPSA) is 144 Å². The molecule has 0 bridgehead atoms. The molecule has 1 N–H and O–H groups in total. The minimum atomic E-state index is -3.49. The average Bonchev–Trinajstić information content (AvgIpc) is 3.74. The highest BCUT2D eigenvalue weighted by Gasteiger charge is 2.66. The van der Waals surface area contributed by atoms with Crippen molar-refractivity contribution in [3.63, 3.8) is 0 Å². The lowest BCUT2D eigenvalue weighted by atomic mass is 9.82. The van der Waals surface area contributed by atoms with Gasteiger partial charge in [0.05, 0.1) is 41.5 Å². The molecule has 260 valence electrons. The van der Waals surface area contributed by atoms with Crippen molar-refractivity contribution in [2.75, 3.05) is 23.0 Å². The Balaban J connectivity index is 1.19. The quantitative estimate of drug-likeness (QED) is 0.0716. The molecule has 0 radical (unpaired) electrons. The van der Waals surface area contributed by atoms with E-state index in [-0.39, 0.29) is 36.6 Å². The van der Waals surface area contributed by atoms with Gasteiger partial charge in [-0.2, -0.15) is 0 Å². The largest absolute Gasteiger partial charge is 0.395 e. The number of fused-ring (bicyclic) bond motifs is 2. The fraction of sp³-hybridized carbons (Fsp3) is 0.389. The number of carbonyl (C=O) groups excluding carboxylic acids is 2. The maximum Gasteiger partial charge on any atom is 0.269 e. The third-order valence-corrected chi connectivity index (χ3v) is 13.0. The summed E-state index contributed by atoms with van der Waals surface area (Å²) in [6.45, 7) is 6.04. The molecule has 12 nitrogen and oxygen atoms in total. The van der Waals surface area contributed by atoms with Crippen LogP contribution in [0.1, 0.15) is 48.1 Å². The van der Waals surface area contributed by atoms with Crippen molar-refractivity contribution in [2.24, 2.45) is 5.92 Å². The molecule has 14 heteroatoms. The number of aliphatic hydroxyl groups is 1. The number of benzene rings is 3. The Morgan fingerprint density at radius 1 is 1.12 bits per heavy atom. The highest BCUT2D eigenvalue weighted by molar-refractivity contribution is 6.72. The predicted octanol–water partition coefficient (Wildman–Crippen LogP) is 5.46. The monoisotopic (exact) mass is 698 g/mol. The molecule has 3 aromatic carbocycles. The van der Waals surface area contributed by atoms with Gasteiger partial charge < -0.3 is 23.8 Å². The van der Waals surface area contributed by atoms with Crippen LogP contribution in [0.25, 0.3) is 0 Å². The van der Waals surface area contributed by atoms with Crippen LogP contribution in [0.3, 0.4) is 0 Å². The molecular formula is C36H39FN6O6Si. The first kappa shape index (κ1) is 33.7. The van der Waals surface area contributed by atoms with Crippen molar-refractivity contribution >= 4 is 37.3 Å². The van der Waals surface area contributed by atoms with Crippen LogP contribution < -0.4 is 9.80 Å². The SMILES string of the molecule is C[C@@H]1[C@@H]([Si](C)(C)F)[C@H](CCn2cc(C(CO)c3ccccc3)nn2)O[C@@]12C(=O)N(Cc1ccc(N3CCC3=O)cc1)c1ccc([N+](=O)[O-])cc12. The number of non-ortho nitro benzene ring substituents is 1. The molecule has 50 heavy (non-hydrogen) atoms. The summed E-state index contributed by atoms with van der Waals surface area (Å²) in [5, 5.41) is 30.7. The van der Waals surface area contributed by atoms with Crippen LogP contribution in [0, 0.1) is 16.0 Å². The zero-order valence-corrected chi connectivity index (χ0v) is 29.1. The van der Waals surface area contributed by atoms with Crippen molar-refractivity contribution in [3.05, 3.63) is 111 Å². The van der Waals surface area contributed by atoms with E-state index in [4.69, 9.17) is 4.74 Å². The van der Waals surface area contributed by atoms with Crippen LogP contribution in [-0.2, 0) is 33.0 Å². The molecule has 1 aromatic heterocycles. The summed E-state index contributed by atoms with van der Waals surface area (Å²) in [5.74, 6) is -1.30. The normalized spacial score (nSPS) is 23.7. The molecule has 1 spiro atoms. The highest BCUT2D eigenvalue weighted by atomic mass is 28.4. The van der Waals surface area contributed by atoms with Crippen LogP contribution in [0.15, 0.2) is 79.0 Å². The molecule has 2 saturated heterocycles. The number of β-lactam (4-membered cyclic amide) rings is 1. The van der Waals surface area contributed by atoms with Crippen molar-refractivity contribution < 1.29 is 28.5 Å². The van der Waals surface area contributed by atoms with E-state index in [0.717, 1.165) is 16.8 Å². The number of nitrogens with zero attached hydrogens (tertiary/aromatic N) is 6. The number of aryl methyl sites for hydroxylation is 1. The number of aromatic nitrogens is 3. The Hall–Kier alpha value is -4.79. The van der Waals surface area contributed by atoms with Gasteiger partial charge in [-0.25, -0.2) is 0 Å². The number of carbonyl (C=O) groups is 2. The molecule has 0 aliphatic carbocycles. The van der Waals surface area contributed by atoms with Crippen LogP contribution in [0.5, 0.6) is 0 Å². The third kappa shape index (κ3) is 5.70. The van der Waals surface area contributed by atoms with Gasteiger partial charge in [0.15, 0.2) is 5.60 Å². The van der Waals surface area contributed by atoms with Gasteiger partial charge >= 0.3 is 0 Å². The molecule has 0 saturated carbocycles. The summed E-state index contributed by atoms with van der Waals surface area (Å²) in [6, 6.07) is 21.3. The van der Waals surface area contributed by atoms with Crippen molar-refractivity contribution in [2.45, 2.75) is 69.1 Å². The van der Waals surface area contributed by atoms with Crippen molar-refractivity contribution in [1.82, 2.24) is 15.0 Å². The molecule has 4 aromatic rings. The number of halogens is 1. The smallest absolute Gasteiger partial charge is 0.269 e. The average molecular weight is 699 g/mol. The van der Waals surface area contributed by atoms with Crippen LogP contribution in [0.2, 0.25) is 18.6 Å². The summed E-state index contributed by atoms with van der Waals surface area (Å²) in [4.78, 5) is 41.4. The van der Waals surface area contributed by atoms with E-state index < -0.39 is 36.5 Å². The maximum absolute atomic E-state index is 16.4. The maximum atomic E-state index is 16.4. The first-order valence-electron chi connectivity index (χ1n) is 16.8. The zero-order chi connectivity index (χ0) is 35.4. The second-order valence-electron chi connectivity index (χ2n) is 13.9. The van der Waals surface area contributed by atoms with Gasteiger partial charge in [-0.3, -0.25) is 24.4 Å². The summed E-state index contributed by atoms with van der Waals surface area (Å²) < 4.78 is 24.8. The number of anilines is 2. The summed E-state index contributed by atoms with van der Waals surface area (Å²) >= 11 is 0. The number of amides is 2. The van der Waals surface area contributed by atoms with E-state index >= 15 is 4.11 Å². The first-order chi connectivity index (χ1) is 23.9. The molecule has 5 atom stereocenters. The zero-order valence-electron chi connectivity index (χ0n) is 28.1. The predicted molar refractivity (Wildman–Crippen MR) is 186 cm³/mol. The van der Waals surface area contributed by atoms with Gasteiger partial charge in [0.2, 0.25) is 14.3 Å². The molecule has 3 aliphatic rings. The summed E-state index contributed by atoms with van der Waals surface area (Å²) in [7, 11) is -3.49. The Bertz CT molecular complexity index is 1940. The van der Waals surface area contributed by atoms with E-state index in [1.165, 1.54) is 12.1 Å². The van der Waals surface area contributed by atoms with Crippen LogP contribution in [0.4, 0.5) is 21.2 Å². The lowest BCUT2D eigenvalue weighted by Gasteiger charge is -2.31. The van der Waals surface area contributed by atoms with E-state index in [0.29, 0.717) is 42.9 Å². The lowest BCUT2D eigenvalue weighted by Crippen LogP contribution is -2.45. The Labute approximate surface area is 289 Å². The molecule has 3 aliphatic heterocycles. The fourth-order valence-electron chi connectivity index (χ4n) is 8.02. The second-order valence-corrected chi connectivity index (χ2v) is 17.7. The number of hydrogen-bond acceptors (Lipinski definition) is 8. The fourth-order valence-corrected chi connectivity index (χ4v) is 10.6. The Morgan fingerprint density at radius 3 is 2.48 bits per heavy atom. The van der Waals surface area contributed by atoms with Crippen molar-refractivity contribution in [1.29, 1.82) is 0 Å². The van der Waals surface area contributed by atoms with Crippen LogP contribution >= 0.6 is 0 Å². The van der Waals surface area contributed by atoms with Crippen molar-refractivity contribution in [3.8, 4) is 0 Å². The molecule has 7 rings (SSSR count). The van der Waals surface area contributed by atoms with Gasteiger partial charge in [0, 0.05) is 60.5 Å². The Kier molecular flexibility index (Phi) is 8.64. The number of aliphatic hydroxyl groups excluding tert-OH is 1. The van der Waals surface area contributed by atoms with Gasteiger partial charge in [-0.15, -0.1) is 5.10 Å². The minimum absolute atomic E-state index is 0.0616. The standard InChI is InChI=1S/C36H39FN6O6Si/c1-23-34(50(2,3)37)32(15-17-40-21-30(38-39-40)28(22-44)25-7-5-4-6-8-25)49-36(23)29-19-27(43(47)48)13-14-31(29)42(35(36)46)20-24-9-11-26(12-10-24)41-18-16-33(41)45/h4-14,19,21,23,28,32,34,44H,15-18,20,22H2,1-3H3/t23-,28?,32+,34-,36+/m1/s1. The minimum Gasteiger partial charge on any atom is -0.395 e. The molecular weight excluding hydrogens is 660 g/mol. The lowest BCUT2D eigenvalue weighted by molar-refractivity contribution is -0.385. The number of nitro benzene ring substituents is 1. The number of nitro groups is 1. The van der Waals surface area contributed by atoms with E-state index in [1.807, 2.05) is 61.5 Å². The second kappa shape index (κ2) is 12.8. The number of rotatable bonds is 11. The highest BCUT2D eigenvalue weighted by Crippen LogP contribution is 2.60. The molecule has 4 heterocycles. The summed E-state index contributed by atoms with van der Waals surface area (Å²) in [6.07, 6.45) is 1.92. The molecule has 2 amide bonds. The third-order valence-electron chi connectivity index (χ3n) is 10.5. The first-order valence-corrected chi connectivity index (χ1v) is 19.8. The number of ether oxygens (including phenoxy) is 1. The van der Waals surface area contributed by atoms with Gasteiger partial charge in [0.25, 0.3) is 11.6 Å².